The lowest BCUT2D eigenvalue weighted by Gasteiger charge is -2.32. The Morgan fingerprint density at radius 2 is 2.21 bits per heavy atom. The molecule has 1 aromatic carbocycles. The minimum Gasteiger partial charge on any atom is -0.382 e. The lowest BCUT2D eigenvalue weighted by molar-refractivity contribution is -0.132. The first-order valence-corrected chi connectivity index (χ1v) is 8.74. The maximum Gasteiger partial charge on any atom is 0.264 e. The second kappa shape index (κ2) is 6.51. The molecule has 2 saturated heterocycles. The normalized spacial score (nSPS) is 29.7. The largest absolute Gasteiger partial charge is 0.382 e. The predicted octanol–water partition coefficient (Wildman–Crippen LogP) is 2.06. The van der Waals surface area contributed by atoms with E-state index in [-0.39, 0.29) is 17.8 Å². The van der Waals surface area contributed by atoms with E-state index in [1.807, 2.05) is 0 Å². The van der Waals surface area contributed by atoms with Crippen LogP contribution >= 0.6 is 0 Å². The van der Waals surface area contributed by atoms with Crippen molar-refractivity contribution in [1.29, 1.82) is 0 Å². The number of amides is 1. The third-order valence-corrected chi connectivity index (χ3v) is 5.30. The van der Waals surface area contributed by atoms with Crippen LogP contribution in [0.15, 0.2) is 29.4 Å². The second-order valence-electron chi connectivity index (χ2n) is 6.85. The van der Waals surface area contributed by atoms with E-state index < -0.39 is 6.10 Å². The molecule has 1 aromatic rings. The van der Waals surface area contributed by atoms with Crippen molar-refractivity contribution >= 4 is 11.6 Å². The Labute approximate surface area is 140 Å². The van der Waals surface area contributed by atoms with Crippen LogP contribution in [0.3, 0.4) is 0 Å². The molecule has 0 unspecified atom stereocenters. The van der Waals surface area contributed by atoms with E-state index in [4.69, 9.17) is 4.84 Å². The lowest BCUT2D eigenvalue weighted by atomic mass is 9.98. The molecule has 0 radical (unpaired) electrons. The highest BCUT2D eigenvalue weighted by Crippen LogP contribution is 2.27. The number of oxime groups is 1. The zero-order chi connectivity index (χ0) is 16.5. The van der Waals surface area contributed by atoms with Gasteiger partial charge < -0.3 is 10.2 Å². The zero-order valence-corrected chi connectivity index (χ0v) is 13.6. The highest BCUT2D eigenvalue weighted by atomic mass is 19.1. The van der Waals surface area contributed by atoms with Crippen molar-refractivity contribution in [3.8, 4) is 0 Å². The number of nitrogens with zero attached hydrogens (tertiary/aromatic N) is 2. The number of benzene rings is 1. The minimum atomic E-state index is -0.610. The van der Waals surface area contributed by atoms with Crippen LogP contribution in [-0.4, -0.2) is 47.8 Å². The first-order valence-electron chi connectivity index (χ1n) is 8.74. The van der Waals surface area contributed by atoms with Gasteiger partial charge in [0.2, 0.25) is 6.10 Å². The molecule has 3 aliphatic heterocycles. The highest BCUT2D eigenvalue weighted by molar-refractivity contribution is 6.04. The molecule has 0 saturated carbocycles. The van der Waals surface area contributed by atoms with Gasteiger partial charge in [0.1, 0.15) is 5.82 Å². The highest BCUT2D eigenvalue weighted by Gasteiger charge is 2.38. The molecule has 3 aliphatic rings. The Hall–Kier alpha value is -1.95. The van der Waals surface area contributed by atoms with Crippen molar-refractivity contribution < 1.29 is 14.0 Å². The molecular formula is C18H22FN3O2. The average molecular weight is 331 g/mol. The molecule has 0 spiro atoms. The van der Waals surface area contributed by atoms with E-state index in [1.165, 1.54) is 25.0 Å². The monoisotopic (exact) mass is 331 g/mol. The summed E-state index contributed by atoms with van der Waals surface area (Å²) >= 11 is 0. The molecule has 4 rings (SSSR count). The summed E-state index contributed by atoms with van der Waals surface area (Å²) in [5.41, 5.74) is 1.30. The smallest absolute Gasteiger partial charge is 0.264 e. The molecule has 128 valence electrons. The van der Waals surface area contributed by atoms with Crippen molar-refractivity contribution in [2.45, 2.75) is 50.3 Å². The number of rotatable bonds is 3. The fraction of sp³-hybridized carbons (Fsp3) is 0.556. The van der Waals surface area contributed by atoms with Crippen molar-refractivity contribution in [1.82, 2.24) is 10.2 Å². The van der Waals surface area contributed by atoms with E-state index >= 15 is 0 Å². The third kappa shape index (κ3) is 3.02. The first-order chi connectivity index (χ1) is 11.7. The van der Waals surface area contributed by atoms with Crippen LogP contribution in [0.25, 0.3) is 0 Å². The molecule has 1 amide bonds. The number of hydrogen-bond acceptors (Lipinski definition) is 4. The maximum atomic E-state index is 13.3. The van der Waals surface area contributed by atoms with Gasteiger partial charge in [-0.15, -0.1) is 0 Å². The van der Waals surface area contributed by atoms with Gasteiger partial charge in [0.15, 0.2) is 0 Å². The van der Waals surface area contributed by atoms with Gasteiger partial charge in [0.25, 0.3) is 5.91 Å². The Bertz CT molecular complexity index is 663. The molecule has 2 fully saturated rings. The summed E-state index contributed by atoms with van der Waals surface area (Å²) in [6.07, 6.45) is 4.42. The van der Waals surface area contributed by atoms with E-state index in [0.717, 1.165) is 25.9 Å². The summed E-state index contributed by atoms with van der Waals surface area (Å²) in [4.78, 5) is 20.3. The van der Waals surface area contributed by atoms with E-state index in [9.17, 15) is 9.18 Å². The molecule has 3 heterocycles. The van der Waals surface area contributed by atoms with Crippen molar-refractivity contribution in [3.05, 3.63) is 35.6 Å². The number of carbonyl (C=O) groups excluding carboxylic acids is 1. The first kappa shape index (κ1) is 15.6. The fourth-order valence-corrected chi connectivity index (χ4v) is 4.05. The molecule has 6 heteroatoms. The summed E-state index contributed by atoms with van der Waals surface area (Å²) in [7, 11) is 0. The van der Waals surface area contributed by atoms with E-state index in [1.54, 1.807) is 12.1 Å². The van der Waals surface area contributed by atoms with Gasteiger partial charge in [-0.05, 0) is 37.9 Å². The van der Waals surface area contributed by atoms with Gasteiger partial charge in [-0.2, -0.15) is 0 Å². The summed E-state index contributed by atoms with van der Waals surface area (Å²) in [6, 6.07) is 6.89. The SMILES string of the molecule is O=C(N[C@@H]1CCN2CCCC[C@@H]12)[C@H]1CC(c2cccc(F)c2)=NO1. The molecular weight excluding hydrogens is 309 g/mol. The molecule has 24 heavy (non-hydrogen) atoms. The molecule has 0 aromatic heterocycles. The van der Waals surface area contributed by atoms with Crippen LogP contribution in [0.2, 0.25) is 0 Å². The number of halogens is 1. The second-order valence-corrected chi connectivity index (χ2v) is 6.85. The Balaban J connectivity index is 1.35. The van der Waals surface area contributed by atoms with E-state index in [2.05, 4.69) is 15.4 Å². The van der Waals surface area contributed by atoms with Gasteiger partial charge >= 0.3 is 0 Å². The van der Waals surface area contributed by atoms with Gasteiger partial charge in [-0.3, -0.25) is 9.69 Å². The van der Waals surface area contributed by atoms with Crippen molar-refractivity contribution in [2.24, 2.45) is 5.16 Å². The number of nitrogens with one attached hydrogen (secondary N) is 1. The molecule has 1 N–H and O–H groups in total. The van der Waals surface area contributed by atoms with Gasteiger partial charge in [0.05, 0.1) is 5.71 Å². The minimum absolute atomic E-state index is 0.109. The van der Waals surface area contributed by atoms with Gasteiger partial charge in [-0.1, -0.05) is 23.7 Å². The van der Waals surface area contributed by atoms with Crippen molar-refractivity contribution in [3.63, 3.8) is 0 Å². The number of hydrogen-bond donors (Lipinski definition) is 1. The zero-order valence-electron chi connectivity index (χ0n) is 13.6. The quantitative estimate of drug-likeness (QED) is 0.922. The van der Waals surface area contributed by atoms with Crippen LogP contribution in [0, 0.1) is 5.82 Å². The van der Waals surface area contributed by atoms with Crippen LogP contribution in [0.4, 0.5) is 4.39 Å². The summed E-state index contributed by atoms with van der Waals surface area (Å²) < 4.78 is 13.3. The topological polar surface area (TPSA) is 53.9 Å². The summed E-state index contributed by atoms with van der Waals surface area (Å²) in [6.45, 7) is 2.20. The predicted molar refractivity (Wildman–Crippen MR) is 88.2 cm³/mol. The molecule has 3 atom stereocenters. The molecule has 0 aliphatic carbocycles. The molecule has 0 bridgehead atoms. The number of piperidine rings is 1. The average Bonchev–Trinajstić information content (AvgIpc) is 3.23. The van der Waals surface area contributed by atoms with Gasteiger partial charge in [0, 0.05) is 30.6 Å². The van der Waals surface area contributed by atoms with Crippen LogP contribution in [0.5, 0.6) is 0 Å². The Morgan fingerprint density at radius 3 is 3.08 bits per heavy atom. The Kier molecular flexibility index (Phi) is 4.22. The van der Waals surface area contributed by atoms with E-state index in [0.29, 0.717) is 23.7 Å². The summed E-state index contributed by atoms with van der Waals surface area (Å²) in [5, 5.41) is 7.13. The van der Waals surface area contributed by atoms with Crippen LogP contribution < -0.4 is 5.32 Å². The van der Waals surface area contributed by atoms with Crippen LogP contribution in [0.1, 0.15) is 37.7 Å². The van der Waals surface area contributed by atoms with Crippen molar-refractivity contribution in [2.75, 3.05) is 13.1 Å². The number of carbonyl (C=O) groups is 1. The maximum absolute atomic E-state index is 13.3. The Morgan fingerprint density at radius 1 is 1.29 bits per heavy atom. The summed E-state index contributed by atoms with van der Waals surface area (Å²) in [5.74, 6) is -0.422. The third-order valence-electron chi connectivity index (χ3n) is 5.30. The number of fused-ring (bicyclic) bond motifs is 1. The van der Waals surface area contributed by atoms with Gasteiger partial charge in [-0.25, -0.2) is 4.39 Å². The van der Waals surface area contributed by atoms with Crippen LogP contribution in [-0.2, 0) is 9.63 Å². The molecule has 5 nitrogen and oxygen atoms in total. The standard InChI is InChI=1S/C18H22FN3O2/c19-13-5-3-4-12(10-13)15-11-17(24-21-15)18(23)20-14-7-9-22-8-2-1-6-16(14)22/h3-5,10,14,16-17H,1-2,6-9,11H2,(H,20,23)/t14-,16+,17-/m1/s1. The lowest BCUT2D eigenvalue weighted by Crippen LogP contribution is -2.49. The fourth-order valence-electron chi connectivity index (χ4n) is 4.05.